The lowest BCUT2D eigenvalue weighted by atomic mass is 9.94. The lowest BCUT2D eigenvalue weighted by Crippen LogP contribution is -2.52. The van der Waals surface area contributed by atoms with Crippen molar-refractivity contribution < 1.29 is 13.9 Å². The van der Waals surface area contributed by atoms with Gasteiger partial charge in [0.25, 0.3) is 5.91 Å². The van der Waals surface area contributed by atoms with E-state index in [-0.39, 0.29) is 5.91 Å². The van der Waals surface area contributed by atoms with Crippen molar-refractivity contribution in [2.75, 3.05) is 39.3 Å². The topological polar surface area (TPSA) is 58.8 Å². The zero-order valence-electron chi connectivity index (χ0n) is 15.5. The number of carbonyl (C=O) groups excluding carboxylic acids is 1. The van der Waals surface area contributed by atoms with Gasteiger partial charge in [0.05, 0.1) is 12.2 Å². The first kappa shape index (κ1) is 19.1. The first-order valence-electron chi connectivity index (χ1n) is 9.85. The van der Waals surface area contributed by atoms with Gasteiger partial charge in [0.15, 0.2) is 0 Å². The highest BCUT2D eigenvalue weighted by Gasteiger charge is 2.28. The van der Waals surface area contributed by atoms with Crippen molar-refractivity contribution in [2.45, 2.75) is 44.6 Å². The van der Waals surface area contributed by atoms with Crippen LogP contribution in [0.2, 0.25) is 0 Å². The molecule has 1 aromatic rings. The Hall–Kier alpha value is -1.66. The van der Waals surface area contributed by atoms with Crippen LogP contribution < -0.4 is 10.5 Å². The number of carbonyl (C=O) groups is 1. The Morgan fingerprint density at radius 3 is 2.58 bits per heavy atom. The van der Waals surface area contributed by atoms with Crippen molar-refractivity contribution in [1.29, 1.82) is 0 Å². The van der Waals surface area contributed by atoms with E-state index in [1.165, 1.54) is 50.3 Å². The smallest absolute Gasteiger partial charge is 0.257 e. The molecule has 2 N–H and O–H groups in total. The summed E-state index contributed by atoms with van der Waals surface area (Å²) in [6.07, 6.45) is 7.23. The zero-order chi connectivity index (χ0) is 18.4. The van der Waals surface area contributed by atoms with E-state index in [9.17, 15) is 9.18 Å². The largest absolute Gasteiger partial charge is 0.493 e. The molecule has 2 aliphatic rings. The van der Waals surface area contributed by atoms with E-state index in [0.717, 1.165) is 13.1 Å². The number of nitrogens with two attached hydrogens (primary N) is 1. The summed E-state index contributed by atoms with van der Waals surface area (Å²) in [6, 6.07) is 4.82. The van der Waals surface area contributed by atoms with Crippen LogP contribution in [0.25, 0.3) is 0 Å². The Kier molecular flexibility index (Phi) is 6.86. The molecule has 1 aliphatic heterocycles. The van der Waals surface area contributed by atoms with Crippen molar-refractivity contribution in [3.8, 4) is 5.75 Å². The van der Waals surface area contributed by atoms with Crippen LogP contribution in [0.4, 0.5) is 4.39 Å². The predicted molar refractivity (Wildman–Crippen MR) is 99.9 cm³/mol. The molecule has 0 bridgehead atoms. The highest BCUT2D eigenvalue weighted by molar-refractivity contribution is 5.97. The van der Waals surface area contributed by atoms with Gasteiger partial charge in [-0.2, -0.15) is 0 Å². The van der Waals surface area contributed by atoms with Crippen LogP contribution in [0, 0.1) is 5.82 Å². The number of amides is 1. The van der Waals surface area contributed by atoms with E-state index in [0.29, 0.717) is 50.0 Å². The molecule has 6 heteroatoms. The normalized spacial score (nSPS) is 19.5. The Labute approximate surface area is 155 Å². The molecule has 1 aromatic carbocycles. The monoisotopic (exact) mass is 363 g/mol. The number of ether oxygens (including phenoxy) is 1. The summed E-state index contributed by atoms with van der Waals surface area (Å²) in [4.78, 5) is 17.3. The Balaban J connectivity index is 1.61. The van der Waals surface area contributed by atoms with Gasteiger partial charge in [0, 0.05) is 32.2 Å². The summed E-state index contributed by atoms with van der Waals surface area (Å²) >= 11 is 0. The second-order valence-electron chi connectivity index (χ2n) is 7.25. The molecule has 2 fully saturated rings. The molecule has 0 radical (unpaired) electrons. The first-order valence-corrected chi connectivity index (χ1v) is 9.85. The van der Waals surface area contributed by atoms with Gasteiger partial charge >= 0.3 is 0 Å². The highest BCUT2D eigenvalue weighted by Crippen LogP contribution is 2.25. The zero-order valence-corrected chi connectivity index (χ0v) is 15.5. The molecule has 0 atom stereocenters. The third-order valence-corrected chi connectivity index (χ3v) is 5.47. The number of hydrogen-bond donors (Lipinski definition) is 1. The van der Waals surface area contributed by atoms with Crippen LogP contribution in [0.1, 0.15) is 48.9 Å². The molecule has 0 spiro atoms. The maximum absolute atomic E-state index is 13.7. The fourth-order valence-electron chi connectivity index (χ4n) is 3.97. The highest BCUT2D eigenvalue weighted by atomic mass is 19.1. The molecule has 1 amide bonds. The van der Waals surface area contributed by atoms with Gasteiger partial charge in [-0.15, -0.1) is 0 Å². The summed E-state index contributed by atoms with van der Waals surface area (Å²) in [5, 5.41) is 0. The maximum Gasteiger partial charge on any atom is 0.257 e. The van der Waals surface area contributed by atoms with Crippen LogP contribution >= 0.6 is 0 Å². The van der Waals surface area contributed by atoms with E-state index in [1.54, 1.807) is 0 Å². The first-order chi connectivity index (χ1) is 12.7. The molecule has 5 nitrogen and oxygen atoms in total. The number of halogens is 1. The number of rotatable bonds is 6. The van der Waals surface area contributed by atoms with Crippen LogP contribution in [0.5, 0.6) is 5.75 Å². The van der Waals surface area contributed by atoms with Crippen molar-refractivity contribution in [2.24, 2.45) is 5.73 Å². The number of benzene rings is 1. The molecule has 0 aromatic heterocycles. The van der Waals surface area contributed by atoms with Crippen molar-refractivity contribution in [3.05, 3.63) is 29.6 Å². The van der Waals surface area contributed by atoms with Crippen LogP contribution in [0.15, 0.2) is 18.2 Å². The predicted octanol–water partition coefficient (Wildman–Crippen LogP) is 2.64. The van der Waals surface area contributed by atoms with Gasteiger partial charge in [0.2, 0.25) is 0 Å². The summed E-state index contributed by atoms with van der Waals surface area (Å²) in [7, 11) is 0. The van der Waals surface area contributed by atoms with Crippen molar-refractivity contribution in [1.82, 2.24) is 9.80 Å². The van der Waals surface area contributed by atoms with Gasteiger partial charge in [-0.3, -0.25) is 9.69 Å². The Bertz CT molecular complexity index is 597. The Morgan fingerprint density at radius 1 is 1.15 bits per heavy atom. The molecule has 0 unspecified atom stereocenters. The average Bonchev–Trinajstić information content (AvgIpc) is 2.69. The number of piperazine rings is 1. The van der Waals surface area contributed by atoms with E-state index in [2.05, 4.69) is 4.90 Å². The minimum absolute atomic E-state index is 0.143. The quantitative estimate of drug-likeness (QED) is 0.790. The second-order valence-corrected chi connectivity index (χ2v) is 7.25. The molecule has 26 heavy (non-hydrogen) atoms. The van der Waals surface area contributed by atoms with E-state index in [1.807, 2.05) is 4.90 Å². The second kappa shape index (κ2) is 9.33. The molecular formula is C20H30FN3O2. The van der Waals surface area contributed by atoms with Gasteiger partial charge in [0.1, 0.15) is 11.6 Å². The lowest BCUT2D eigenvalue weighted by molar-refractivity contribution is 0.0519. The number of nitrogens with zero attached hydrogens (tertiary/aromatic N) is 2. The van der Waals surface area contributed by atoms with E-state index < -0.39 is 5.82 Å². The van der Waals surface area contributed by atoms with Gasteiger partial charge < -0.3 is 15.4 Å². The molecule has 1 saturated heterocycles. The molecule has 144 valence electrons. The SMILES string of the molecule is NCCCOc1ccc(F)cc1C(=O)N1CCN(C2CCCCC2)CC1. The standard InChI is InChI=1S/C20H30FN3O2/c21-16-7-8-19(26-14-4-9-22)18(15-16)20(25)24-12-10-23(11-13-24)17-5-2-1-3-6-17/h7-8,15,17H,1-6,9-14,22H2. The molecular weight excluding hydrogens is 333 g/mol. The van der Waals surface area contributed by atoms with Gasteiger partial charge in [-0.25, -0.2) is 4.39 Å². The molecule has 1 heterocycles. The van der Waals surface area contributed by atoms with Crippen molar-refractivity contribution >= 4 is 5.91 Å². The maximum atomic E-state index is 13.7. The molecule has 1 aliphatic carbocycles. The minimum Gasteiger partial charge on any atom is -0.493 e. The van der Waals surface area contributed by atoms with Crippen LogP contribution in [0.3, 0.4) is 0 Å². The van der Waals surface area contributed by atoms with E-state index >= 15 is 0 Å². The minimum atomic E-state index is -0.416. The molecule has 1 saturated carbocycles. The summed E-state index contributed by atoms with van der Waals surface area (Å²) < 4.78 is 19.4. The van der Waals surface area contributed by atoms with Gasteiger partial charge in [-0.1, -0.05) is 19.3 Å². The average molecular weight is 363 g/mol. The lowest BCUT2D eigenvalue weighted by Gasteiger charge is -2.40. The van der Waals surface area contributed by atoms with Crippen LogP contribution in [-0.2, 0) is 0 Å². The van der Waals surface area contributed by atoms with Crippen LogP contribution in [-0.4, -0.2) is 61.1 Å². The van der Waals surface area contributed by atoms with Crippen molar-refractivity contribution in [3.63, 3.8) is 0 Å². The number of hydrogen-bond acceptors (Lipinski definition) is 4. The Morgan fingerprint density at radius 2 is 1.88 bits per heavy atom. The summed E-state index contributed by atoms with van der Waals surface area (Å²) in [5.41, 5.74) is 5.80. The van der Waals surface area contributed by atoms with E-state index in [4.69, 9.17) is 10.5 Å². The van der Waals surface area contributed by atoms with Gasteiger partial charge in [-0.05, 0) is 44.0 Å². The summed E-state index contributed by atoms with van der Waals surface area (Å²) in [5.74, 6) is -0.115. The molecule has 3 rings (SSSR count). The third kappa shape index (κ3) is 4.74. The summed E-state index contributed by atoms with van der Waals surface area (Å²) in [6.45, 7) is 4.12. The fourth-order valence-corrected chi connectivity index (χ4v) is 3.97. The fraction of sp³-hybridized carbons (Fsp3) is 0.650. The third-order valence-electron chi connectivity index (χ3n) is 5.47.